The van der Waals surface area contributed by atoms with Gasteiger partial charge >= 0.3 is 0 Å². The Balaban J connectivity index is 1.54. The number of hydrogen-bond donors (Lipinski definition) is 1. The minimum atomic E-state index is -0.137. The summed E-state index contributed by atoms with van der Waals surface area (Å²) in [6, 6.07) is 15.0. The van der Waals surface area contributed by atoms with Crippen molar-refractivity contribution < 1.29 is 19.0 Å². The van der Waals surface area contributed by atoms with E-state index >= 15 is 0 Å². The van der Waals surface area contributed by atoms with E-state index in [1.54, 1.807) is 37.7 Å². The highest BCUT2D eigenvalue weighted by atomic mass is 16.5. The fourth-order valence-electron chi connectivity index (χ4n) is 2.80. The molecule has 0 unspecified atom stereocenters. The summed E-state index contributed by atoms with van der Waals surface area (Å²) in [6.45, 7) is 4.74. The second-order valence-corrected chi connectivity index (χ2v) is 6.91. The fraction of sp³-hybridized carbons (Fsp3) is 0.250. The standard InChI is InChI=1S/C24H26N2O4/c1-17-6-8-21(13-18(17)2)29-12-10-24(27)26-20-7-9-22(28-3)23(14-20)30-16-19-5-4-11-25-15-19/h4-9,11,13-15H,10,12,16H2,1-3H3,(H,26,27). The number of rotatable bonds is 9. The summed E-state index contributed by atoms with van der Waals surface area (Å²) in [5.74, 6) is 1.77. The number of ether oxygens (including phenoxy) is 3. The van der Waals surface area contributed by atoms with Crippen molar-refractivity contribution in [2.24, 2.45) is 0 Å². The maximum Gasteiger partial charge on any atom is 0.227 e. The van der Waals surface area contributed by atoms with E-state index in [0.717, 1.165) is 16.9 Å². The molecule has 0 spiro atoms. The van der Waals surface area contributed by atoms with Crippen LogP contribution in [0.4, 0.5) is 5.69 Å². The van der Waals surface area contributed by atoms with Crippen LogP contribution in [0.25, 0.3) is 0 Å². The van der Waals surface area contributed by atoms with Gasteiger partial charge in [-0.1, -0.05) is 12.1 Å². The Kier molecular flexibility index (Phi) is 7.27. The Morgan fingerprint density at radius 1 is 1.00 bits per heavy atom. The number of aromatic nitrogens is 1. The van der Waals surface area contributed by atoms with Gasteiger partial charge in [-0.15, -0.1) is 0 Å². The van der Waals surface area contributed by atoms with Gasteiger partial charge in [-0.3, -0.25) is 9.78 Å². The van der Waals surface area contributed by atoms with Crippen molar-refractivity contribution in [3.8, 4) is 17.2 Å². The van der Waals surface area contributed by atoms with Crippen LogP contribution in [0.1, 0.15) is 23.1 Å². The second kappa shape index (κ2) is 10.3. The van der Waals surface area contributed by atoms with Crippen molar-refractivity contribution in [3.63, 3.8) is 0 Å². The number of carbonyl (C=O) groups excluding carboxylic acids is 1. The summed E-state index contributed by atoms with van der Waals surface area (Å²) in [7, 11) is 1.58. The molecule has 2 aromatic carbocycles. The van der Waals surface area contributed by atoms with E-state index in [1.807, 2.05) is 37.3 Å². The number of amides is 1. The molecule has 0 bridgehead atoms. The highest BCUT2D eigenvalue weighted by Crippen LogP contribution is 2.31. The van der Waals surface area contributed by atoms with Crippen LogP contribution in [0.15, 0.2) is 60.9 Å². The first kappa shape index (κ1) is 21.2. The maximum atomic E-state index is 12.3. The van der Waals surface area contributed by atoms with Crippen molar-refractivity contribution >= 4 is 11.6 Å². The number of nitrogens with zero attached hydrogens (tertiary/aromatic N) is 1. The van der Waals surface area contributed by atoms with E-state index in [2.05, 4.69) is 17.2 Å². The Labute approximate surface area is 176 Å². The largest absolute Gasteiger partial charge is 0.493 e. The first-order valence-electron chi connectivity index (χ1n) is 9.75. The molecule has 0 aliphatic carbocycles. The summed E-state index contributed by atoms with van der Waals surface area (Å²) in [5.41, 5.74) is 3.95. The number of methoxy groups -OCH3 is 1. The SMILES string of the molecule is COc1ccc(NC(=O)CCOc2ccc(C)c(C)c2)cc1OCc1cccnc1. The van der Waals surface area contributed by atoms with Crippen LogP contribution in [0.5, 0.6) is 17.2 Å². The van der Waals surface area contributed by atoms with Gasteiger partial charge in [0.25, 0.3) is 0 Å². The summed E-state index contributed by atoms with van der Waals surface area (Å²) >= 11 is 0. The first-order chi connectivity index (χ1) is 14.5. The molecule has 0 saturated heterocycles. The smallest absolute Gasteiger partial charge is 0.227 e. The third-order valence-corrected chi connectivity index (χ3v) is 4.64. The van der Waals surface area contributed by atoms with Gasteiger partial charge in [0.15, 0.2) is 11.5 Å². The zero-order valence-corrected chi connectivity index (χ0v) is 17.5. The normalized spacial score (nSPS) is 10.4. The highest BCUT2D eigenvalue weighted by molar-refractivity contribution is 5.91. The van der Waals surface area contributed by atoms with Crippen LogP contribution in [0, 0.1) is 13.8 Å². The van der Waals surface area contributed by atoms with Gasteiger partial charge in [-0.25, -0.2) is 0 Å². The predicted molar refractivity (Wildman–Crippen MR) is 116 cm³/mol. The Hall–Kier alpha value is -3.54. The molecular weight excluding hydrogens is 380 g/mol. The number of pyridine rings is 1. The van der Waals surface area contributed by atoms with Gasteiger partial charge in [-0.05, 0) is 55.3 Å². The molecule has 0 atom stereocenters. The molecule has 30 heavy (non-hydrogen) atoms. The lowest BCUT2D eigenvalue weighted by molar-refractivity contribution is -0.116. The number of nitrogens with one attached hydrogen (secondary N) is 1. The second-order valence-electron chi connectivity index (χ2n) is 6.91. The van der Waals surface area contributed by atoms with Crippen LogP contribution in [0.3, 0.4) is 0 Å². The molecule has 0 aliphatic rings. The predicted octanol–water partition coefficient (Wildman–Crippen LogP) is 4.69. The van der Waals surface area contributed by atoms with Crippen molar-refractivity contribution in [2.45, 2.75) is 26.9 Å². The summed E-state index contributed by atoms with van der Waals surface area (Å²) in [4.78, 5) is 16.4. The molecule has 1 aromatic heterocycles. The number of hydrogen-bond acceptors (Lipinski definition) is 5. The third-order valence-electron chi connectivity index (χ3n) is 4.64. The van der Waals surface area contributed by atoms with Gasteiger partial charge < -0.3 is 19.5 Å². The molecule has 0 saturated carbocycles. The number of benzene rings is 2. The van der Waals surface area contributed by atoms with E-state index < -0.39 is 0 Å². The van der Waals surface area contributed by atoms with E-state index in [-0.39, 0.29) is 12.3 Å². The number of carbonyl (C=O) groups is 1. The topological polar surface area (TPSA) is 69.7 Å². The molecule has 1 N–H and O–H groups in total. The lowest BCUT2D eigenvalue weighted by atomic mass is 10.1. The Bertz CT molecular complexity index is 990. The zero-order valence-electron chi connectivity index (χ0n) is 17.5. The summed E-state index contributed by atoms with van der Waals surface area (Å²) in [6.07, 6.45) is 3.70. The molecule has 6 heteroatoms. The molecule has 0 fully saturated rings. The number of aryl methyl sites for hydroxylation is 2. The minimum Gasteiger partial charge on any atom is -0.493 e. The van der Waals surface area contributed by atoms with Crippen LogP contribution in [0.2, 0.25) is 0 Å². The maximum absolute atomic E-state index is 12.3. The molecule has 3 aromatic rings. The molecule has 0 aliphatic heterocycles. The molecule has 1 amide bonds. The monoisotopic (exact) mass is 406 g/mol. The first-order valence-corrected chi connectivity index (χ1v) is 9.75. The fourth-order valence-corrected chi connectivity index (χ4v) is 2.80. The van der Waals surface area contributed by atoms with E-state index in [4.69, 9.17) is 14.2 Å². The zero-order chi connectivity index (χ0) is 21.3. The minimum absolute atomic E-state index is 0.137. The van der Waals surface area contributed by atoms with Gasteiger partial charge in [0.05, 0.1) is 20.1 Å². The van der Waals surface area contributed by atoms with Gasteiger partial charge in [0, 0.05) is 29.7 Å². The van der Waals surface area contributed by atoms with Crippen LogP contribution < -0.4 is 19.5 Å². The Morgan fingerprint density at radius 3 is 2.60 bits per heavy atom. The van der Waals surface area contributed by atoms with E-state index in [0.29, 0.717) is 30.4 Å². The van der Waals surface area contributed by atoms with E-state index in [1.165, 1.54) is 5.56 Å². The average Bonchev–Trinajstić information content (AvgIpc) is 2.75. The van der Waals surface area contributed by atoms with Crippen LogP contribution in [-0.2, 0) is 11.4 Å². The average molecular weight is 406 g/mol. The number of anilines is 1. The van der Waals surface area contributed by atoms with Crippen molar-refractivity contribution in [2.75, 3.05) is 19.0 Å². The lowest BCUT2D eigenvalue weighted by Gasteiger charge is -2.13. The Morgan fingerprint density at radius 2 is 1.87 bits per heavy atom. The van der Waals surface area contributed by atoms with Crippen LogP contribution in [-0.4, -0.2) is 24.6 Å². The molecular formula is C24H26N2O4. The van der Waals surface area contributed by atoms with Crippen molar-refractivity contribution in [1.29, 1.82) is 0 Å². The van der Waals surface area contributed by atoms with Gasteiger partial charge in [0.1, 0.15) is 12.4 Å². The molecule has 1 heterocycles. The molecule has 6 nitrogen and oxygen atoms in total. The molecule has 156 valence electrons. The third kappa shape index (κ3) is 5.98. The van der Waals surface area contributed by atoms with Crippen LogP contribution >= 0.6 is 0 Å². The van der Waals surface area contributed by atoms with E-state index in [9.17, 15) is 4.79 Å². The molecule has 0 radical (unpaired) electrons. The lowest BCUT2D eigenvalue weighted by Crippen LogP contribution is -2.15. The summed E-state index contributed by atoms with van der Waals surface area (Å²) in [5, 5.41) is 2.87. The molecule has 3 rings (SSSR count). The van der Waals surface area contributed by atoms with Crippen molar-refractivity contribution in [3.05, 3.63) is 77.6 Å². The quantitative estimate of drug-likeness (QED) is 0.558. The van der Waals surface area contributed by atoms with Gasteiger partial charge in [0.2, 0.25) is 5.91 Å². The summed E-state index contributed by atoms with van der Waals surface area (Å²) < 4.78 is 16.9. The van der Waals surface area contributed by atoms with Crippen molar-refractivity contribution in [1.82, 2.24) is 4.98 Å². The highest BCUT2D eigenvalue weighted by Gasteiger charge is 2.09. The van der Waals surface area contributed by atoms with Gasteiger partial charge in [-0.2, -0.15) is 0 Å².